The maximum absolute atomic E-state index is 11.1. The van der Waals surface area contributed by atoms with Gasteiger partial charge in [-0.2, -0.15) is 10.1 Å². The largest absolute Gasteiger partial charge is 0.354 e. The molecule has 0 spiro atoms. The first-order valence-corrected chi connectivity index (χ1v) is 6.72. The number of hydrogen-bond acceptors (Lipinski definition) is 6. The van der Waals surface area contributed by atoms with Crippen molar-refractivity contribution in [1.29, 1.82) is 0 Å². The van der Waals surface area contributed by atoms with Crippen molar-refractivity contribution in [2.75, 3.05) is 11.9 Å². The lowest BCUT2D eigenvalue weighted by molar-refractivity contribution is -0.385. The monoisotopic (exact) mass is 340 g/mol. The van der Waals surface area contributed by atoms with E-state index in [4.69, 9.17) is 0 Å². The van der Waals surface area contributed by atoms with Crippen LogP contribution in [0.25, 0.3) is 5.82 Å². The van der Waals surface area contributed by atoms with Crippen LogP contribution in [0.2, 0.25) is 0 Å². The highest BCUT2D eigenvalue weighted by atomic mass is 79.9. The second kappa shape index (κ2) is 5.53. The summed E-state index contributed by atoms with van der Waals surface area (Å²) in [5.74, 6) is 0.476. The van der Waals surface area contributed by atoms with Gasteiger partial charge in [-0.05, 0) is 36.7 Å². The third-order valence-electron chi connectivity index (χ3n) is 2.69. The van der Waals surface area contributed by atoms with Gasteiger partial charge in [0, 0.05) is 6.54 Å². The molecule has 0 saturated heterocycles. The van der Waals surface area contributed by atoms with Crippen molar-refractivity contribution in [2.24, 2.45) is 0 Å². The molecule has 0 aliphatic rings. The van der Waals surface area contributed by atoms with Crippen molar-refractivity contribution in [3.63, 3.8) is 0 Å². The first-order valence-electron chi connectivity index (χ1n) is 5.93. The zero-order chi connectivity index (χ0) is 14.9. The van der Waals surface area contributed by atoms with Crippen LogP contribution in [0.4, 0.5) is 11.6 Å². The van der Waals surface area contributed by atoms with Crippen molar-refractivity contribution >= 4 is 27.6 Å². The molecule has 9 heteroatoms. The third-order valence-corrected chi connectivity index (χ3v) is 3.83. The van der Waals surface area contributed by atoms with E-state index in [2.05, 4.69) is 36.3 Å². The maximum Gasteiger partial charge on any atom is 0.332 e. The summed E-state index contributed by atoms with van der Waals surface area (Å²) in [4.78, 5) is 18.7. The molecule has 1 N–H and O–H groups in total. The fourth-order valence-electron chi connectivity index (χ4n) is 1.72. The van der Waals surface area contributed by atoms with Gasteiger partial charge in [0.15, 0.2) is 0 Å². The quantitative estimate of drug-likeness (QED) is 0.677. The van der Waals surface area contributed by atoms with E-state index in [0.29, 0.717) is 12.5 Å². The Morgan fingerprint density at radius 1 is 1.50 bits per heavy atom. The minimum atomic E-state index is -0.518. The number of halogens is 1. The molecule has 2 aromatic rings. The zero-order valence-electron chi connectivity index (χ0n) is 11.2. The molecule has 0 radical (unpaired) electrons. The molecule has 0 atom stereocenters. The van der Waals surface area contributed by atoms with Gasteiger partial charge in [0.25, 0.3) is 0 Å². The van der Waals surface area contributed by atoms with Crippen molar-refractivity contribution in [3.8, 4) is 5.82 Å². The van der Waals surface area contributed by atoms with Gasteiger partial charge in [0.05, 0.1) is 20.8 Å². The van der Waals surface area contributed by atoms with E-state index in [1.807, 2.05) is 20.8 Å². The first kappa shape index (κ1) is 14.4. The summed E-state index contributed by atoms with van der Waals surface area (Å²) in [7, 11) is 0. The van der Waals surface area contributed by atoms with Gasteiger partial charge < -0.3 is 5.32 Å². The molecule has 0 aliphatic carbocycles. The number of aryl methyl sites for hydroxylation is 1. The molecule has 0 aliphatic heterocycles. The highest BCUT2D eigenvalue weighted by Gasteiger charge is 2.22. The Hall–Kier alpha value is -2.03. The number of rotatable bonds is 4. The molecule has 20 heavy (non-hydrogen) atoms. The van der Waals surface area contributed by atoms with Crippen LogP contribution < -0.4 is 5.32 Å². The SMILES string of the molecule is CCNc1ncc([N+](=O)[O-])c(-n2nc(C)c(Br)c2C)n1. The van der Waals surface area contributed by atoms with Crippen molar-refractivity contribution in [1.82, 2.24) is 19.7 Å². The van der Waals surface area contributed by atoms with Crippen LogP contribution in [0.3, 0.4) is 0 Å². The smallest absolute Gasteiger partial charge is 0.332 e. The molecule has 0 unspecified atom stereocenters. The van der Waals surface area contributed by atoms with Crippen LogP contribution in [0, 0.1) is 24.0 Å². The average Bonchev–Trinajstić information content (AvgIpc) is 2.66. The van der Waals surface area contributed by atoms with Crippen LogP contribution in [0.5, 0.6) is 0 Å². The number of hydrogen-bond donors (Lipinski definition) is 1. The topological polar surface area (TPSA) is 98.8 Å². The summed E-state index contributed by atoms with van der Waals surface area (Å²) in [6, 6.07) is 0. The van der Waals surface area contributed by atoms with Crippen molar-refractivity contribution in [3.05, 3.63) is 32.2 Å². The summed E-state index contributed by atoms with van der Waals surface area (Å²) in [6.45, 7) is 6.14. The van der Waals surface area contributed by atoms with Crippen LogP contribution in [0.1, 0.15) is 18.3 Å². The van der Waals surface area contributed by atoms with Gasteiger partial charge in [-0.1, -0.05) is 0 Å². The number of nitro groups is 1. The molecule has 2 rings (SSSR count). The van der Waals surface area contributed by atoms with Crippen molar-refractivity contribution in [2.45, 2.75) is 20.8 Å². The predicted octanol–water partition coefficient (Wildman–Crippen LogP) is 2.38. The van der Waals surface area contributed by atoms with Crippen LogP contribution >= 0.6 is 15.9 Å². The summed E-state index contributed by atoms with van der Waals surface area (Å²) < 4.78 is 2.25. The normalized spacial score (nSPS) is 10.6. The van der Waals surface area contributed by atoms with Crippen LogP contribution in [0.15, 0.2) is 10.7 Å². The summed E-state index contributed by atoms with van der Waals surface area (Å²) in [5, 5.41) is 18.3. The van der Waals surface area contributed by atoms with E-state index in [1.165, 1.54) is 10.9 Å². The molecule has 2 aromatic heterocycles. The molecule has 0 amide bonds. The molecular weight excluding hydrogens is 328 g/mol. The second-order valence-electron chi connectivity index (χ2n) is 4.09. The average molecular weight is 341 g/mol. The Bertz CT molecular complexity index is 669. The van der Waals surface area contributed by atoms with Gasteiger partial charge in [0.2, 0.25) is 11.8 Å². The third kappa shape index (κ3) is 2.48. The Kier molecular flexibility index (Phi) is 3.98. The fourth-order valence-corrected chi connectivity index (χ4v) is 1.97. The van der Waals surface area contributed by atoms with Crippen LogP contribution in [-0.2, 0) is 0 Å². The van der Waals surface area contributed by atoms with E-state index in [-0.39, 0.29) is 11.5 Å². The Labute approximate surface area is 123 Å². The highest BCUT2D eigenvalue weighted by molar-refractivity contribution is 9.10. The summed E-state index contributed by atoms with van der Waals surface area (Å²) in [5.41, 5.74) is 1.29. The standard InChI is InChI=1S/C11H13BrN6O2/c1-4-13-11-14-5-8(18(19)20)10(15-11)17-7(3)9(12)6(2)16-17/h5H,4H2,1-3H3,(H,13,14,15). The van der Waals surface area contributed by atoms with E-state index in [9.17, 15) is 10.1 Å². The van der Waals surface area contributed by atoms with Crippen molar-refractivity contribution < 1.29 is 4.92 Å². The minimum Gasteiger partial charge on any atom is -0.354 e. The molecule has 8 nitrogen and oxygen atoms in total. The van der Waals surface area contributed by atoms with Gasteiger partial charge >= 0.3 is 5.69 Å². The molecule has 0 saturated carbocycles. The molecule has 106 valence electrons. The molecule has 0 fully saturated rings. The van der Waals surface area contributed by atoms with E-state index < -0.39 is 4.92 Å². The number of anilines is 1. The lowest BCUT2D eigenvalue weighted by Gasteiger charge is -2.07. The zero-order valence-corrected chi connectivity index (χ0v) is 12.8. The molecule has 0 aromatic carbocycles. The van der Waals surface area contributed by atoms with Gasteiger partial charge in [0.1, 0.15) is 6.20 Å². The number of nitrogens with one attached hydrogen (secondary N) is 1. The Balaban J connectivity index is 2.65. The van der Waals surface area contributed by atoms with Crippen LogP contribution in [-0.4, -0.2) is 31.2 Å². The van der Waals surface area contributed by atoms with Gasteiger partial charge in [-0.25, -0.2) is 9.67 Å². The number of nitrogens with zero attached hydrogens (tertiary/aromatic N) is 5. The summed E-state index contributed by atoms with van der Waals surface area (Å²) >= 11 is 3.40. The van der Waals surface area contributed by atoms with E-state index >= 15 is 0 Å². The molecular formula is C11H13BrN6O2. The molecule has 2 heterocycles. The minimum absolute atomic E-state index is 0.146. The Morgan fingerprint density at radius 3 is 2.70 bits per heavy atom. The lowest BCUT2D eigenvalue weighted by Crippen LogP contribution is -2.10. The van der Waals surface area contributed by atoms with Gasteiger partial charge in [-0.15, -0.1) is 0 Å². The maximum atomic E-state index is 11.1. The Morgan fingerprint density at radius 2 is 2.20 bits per heavy atom. The first-order chi connectivity index (χ1) is 9.45. The van der Waals surface area contributed by atoms with E-state index in [1.54, 1.807) is 0 Å². The predicted molar refractivity (Wildman–Crippen MR) is 77.1 cm³/mol. The van der Waals surface area contributed by atoms with Gasteiger partial charge in [-0.3, -0.25) is 10.1 Å². The fraction of sp³-hybridized carbons (Fsp3) is 0.364. The number of aromatic nitrogens is 4. The van der Waals surface area contributed by atoms with E-state index in [0.717, 1.165) is 15.9 Å². The highest BCUT2D eigenvalue weighted by Crippen LogP contribution is 2.27. The second-order valence-corrected chi connectivity index (χ2v) is 4.88. The summed E-state index contributed by atoms with van der Waals surface area (Å²) in [6.07, 6.45) is 1.19. The molecule has 0 bridgehead atoms. The lowest BCUT2D eigenvalue weighted by atomic mass is 10.4.